The van der Waals surface area contributed by atoms with Crippen LogP contribution in [-0.4, -0.2) is 4.57 Å². The summed E-state index contributed by atoms with van der Waals surface area (Å²) in [6, 6.07) is 88.9. The van der Waals surface area contributed by atoms with E-state index in [1.807, 2.05) is 0 Å². The Bertz CT molecular complexity index is 3750. The van der Waals surface area contributed by atoms with Crippen molar-refractivity contribution in [3.63, 3.8) is 0 Å². The summed E-state index contributed by atoms with van der Waals surface area (Å²) in [4.78, 5) is 2.37. The van der Waals surface area contributed by atoms with E-state index in [1.165, 1.54) is 98.3 Å². The van der Waals surface area contributed by atoms with Gasteiger partial charge in [0.25, 0.3) is 0 Å². The molecule has 0 saturated heterocycles. The molecule has 0 atom stereocenters. The molecule has 0 bridgehead atoms. The van der Waals surface area contributed by atoms with Gasteiger partial charge in [0.2, 0.25) is 0 Å². The van der Waals surface area contributed by atoms with Gasteiger partial charge in [-0.1, -0.05) is 170 Å². The lowest BCUT2D eigenvalue weighted by Gasteiger charge is -2.26. The largest absolute Gasteiger partial charge is 0.310 e. The van der Waals surface area contributed by atoms with Crippen LogP contribution in [0.1, 0.15) is 0 Å². The van der Waals surface area contributed by atoms with Crippen LogP contribution in [0.4, 0.5) is 17.1 Å². The Morgan fingerprint density at radius 1 is 0.250 bits per heavy atom. The maximum Gasteiger partial charge on any atom is 0.0553 e. The van der Waals surface area contributed by atoms with Gasteiger partial charge < -0.3 is 9.47 Å². The topological polar surface area (TPSA) is 8.17 Å². The summed E-state index contributed by atoms with van der Waals surface area (Å²) < 4.78 is 2.45. The molecule has 0 aliphatic heterocycles. The zero-order valence-electron chi connectivity index (χ0n) is 35.0. The number of anilines is 3. The molecule has 298 valence electrons. The van der Waals surface area contributed by atoms with Crippen molar-refractivity contribution in [2.75, 3.05) is 4.90 Å². The van der Waals surface area contributed by atoms with Gasteiger partial charge in [-0.3, -0.25) is 0 Å². The Labute approximate surface area is 371 Å². The molecule has 0 amide bonds. The van der Waals surface area contributed by atoms with Crippen molar-refractivity contribution in [2.24, 2.45) is 0 Å². The van der Waals surface area contributed by atoms with E-state index in [-0.39, 0.29) is 0 Å². The number of nitrogens with zero attached hydrogens (tertiary/aromatic N) is 2. The highest BCUT2D eigenvalue weighted by atomic mass is 15.1. The summed E-state index contributed by atoms with van der Waals surface area (Å²) in [5.41, 5.74) is 14.1. The molecule has 0 saturated carbocycles. The quantitative estimate of drug-likeness (QED) is 0.146. The first kappa shape index (κ1) is 36.2. The van der Waals surface area contributed by atoms with Gasteiger partial charge in [0.05, 0.1) is 11.0 Å². The number of hydrogen-bond donors (Lipinski definition) is 0. The van der Waals surface area contributed by atoms with Gasteiger partial charge in [0.1, 0.15) is 0 Å². The van der Waals surface area contributed by atoms with E-state index in [4.69, 9.17) is 0 Å². The average molecular weight is 813 g/mol. The van der Waals surface area contributed by atoms with Crippen LogP contribution < -0.4 is 4.90 Å². The summed E-state index contributed by atoms with van der Waals surface area (Å²) in [5.74, 6) is 0. The van der Waals surface area contributed by atoms with E-state index < -0.39 is 0 Å². The van der Waals surface area contributed by atoms with E-state index in [1.54, 1.807) is 0 Å². The smallest absolute Gasteiger partial charge is 0.0553 e. The van der Waals surface area contributed by atoms with Crippen LogP contribution in [0, 0.1) is 0 Å². The summed E-state index contributed by atoms with van der Waals surface area (Å²) in [6.07, 6.45) is 0. The molecular formula is C62H40N2. The van der Waals surface area contributed by atoms with E-state index in [0.717, 1.165) is 22.7 Å². The standard InChI is InChI=1S/C62H40N2/c1-4-11-41(12-5-1)43-23-30-53(31-24-43)63(54-32-25-44(26-33-54)42-13-6-2-7-14-42)55-34-27-48-37-47(20-21-49(48)38-55)50-29-36-58-57(39-50)62-56-35-28-46-16-10-15-45-19-22-51(61(56)60(45)46)40-59(62)64(58)52-17-8-3-9-18-52/h1-40H. The lowest BCUT2D eigenvalue weighted by molar-refractivity contribution is 1.18. The molecule has 0 unspecified atom stereocenters. The van der Waals surface area contributed by atoms with Gasteiger partial charge in [0.15, 0.2) is 0 Å². The van der Waals surface area contributed by atoms with Crippen LogP contribution in [-0.2, 0) is 0 Å². The SMILES string of the molecule is c1ccc(-c2ccc(N(c3ccc(-c4ccccc4)cc3)c3ccc4cc(-c5ccc6c(c5)c5c7ccc8cccc9ccc(cc5n6-c5ccccc5)c7c98)ccc4c3)cc2)cc1. The Hall–Kier alpha value is -8.46. The average Bonchev–Trinajstić information content (AvgIpc) is 3.70. The van der Waals surface area contributed by atoms with Crippen LogP contribution >= 0.6 is 0 Å². The van der Waals surface area contributed by atoms with Crippen molar-refractivity contribution in [1.82, 2.24) is 4.57 Å². The summed E-state index contributed by atoms with van der Waals surface area (Å²) in [7, 11) is 0. The fourth-order valence-corrected chi connectivity index (χ4v) is 10.2. The molecule has 0 aliphatic carbocycles. The zero-order valence-corrected chi connectivity index (χ0v) is 35.0. The molecule has 12 aromatic carbocycles. The highest BCUT2D eigenvalue weighted by Gasteiger charge is 2.20. The Kier molecular flexibility index (Phi) is 8.25. The maximum absolute atomic E-state index is 2.45. The number of benzene rings is 12. The van der Waals surface area contributed by atoms with E-state index in [0.29, 0.717) is 0 Å². The number of hydrogen-bond acceptors (Lipinski definition) is 1. The Morgan fingerprint density at radius 3 is 1.42 bits per heavy atom. The molecule has 0 N–H and O–H groups in total. The van der Waals surface area contributed by atoms with Crippen molar-refractivity contribution in [2.45, 2.75) is 0 Å². The van der Waals surface area contributed by atoms with Crippen molar-refractivity contribution in [3.8, 4) is 39.1 Å². The molecule has 13 rings (SSSR count). The van der Waals surface area contributed by atoms with Gasteiger partial charge in [-0.05, 0) is 149 Å². The van der Waals surface area contributed by atoms with E-state index in [2.05, 4.69) is 252 Å². The predicted octanol–water partition coefficient (Wildman–Crippen LogP) is 17.3. The molecular weight excluding hydrogens is 773 g/mol. The monoisotopic (exact) mass is 812 g/mol. The van der Waals surface area contributed by atoms with E-state index in [9.17, 15) is 0 Å². The normalized spacial score (nSPS) is 11.8. The van der Waals surface area contributed by atoms with Gasteiger partial charge in [-0.25, -0.2) is 0 Å². The second kappa shape index (κ2) is 14.6. The van der Waals surface area contributed by atoms with Crippen molar-refractivity contribution in [3.05, 3.63) is 243 Å². The minimum Gasteiger partial charge on any atom is -0.310 e. The Morgan fingerprint density at radius 2 is 0.750 bits per heavy atom. The van der Waals surface area contributed by atoms with Crippen molar-refractivity contribution in [1.29, 1.82) is 0 Å². The molecule has 13 aromatic rings. The molecule has 2 heteroatoms. The second-order valence-electron chi connectivity index (χ2n) is 16.9. The van der Waals surface area contributed by atoms with Gasteiger partial charge in [-0.15, -0.1) is 0 Å². The lowest BCUT2D eigenvalue weighted by Crippen LogP contribution is -2.09. The molecule has 2 nitrogen and oxygen atoms in total. The summed E-state index contributed by atoms with van der Waals surface area (Å²) in [5, 5.41) is 12.8. The van der Waals surface area contributed by atoms with Crippen molar-refractivity contribution >= 4 is 82.0 Å². The van der Waals surface area contributed by atoms with Gasteiger partial charge in [-0.2, -0.15) is 0 Å². The number of rotatable bonds is 7. The van der Waals surface area contributed by atoms with E-state index >= 15 is 0 Å². The summed E-state index contributed by atoms with van der Waals surface area (Å²) in [6.45, 7) is 0. The third-order valence-electron chi connectivity index (χ3n) is 13.3. The van der Waals surface area contributed by atoms with Crippen molar-refractivity contribution < 1.29 is 0 Å². The number of para-hydroxylation sites is 1. The molecule has 1 heterocycles. The zero-order chi connectivity index (χ0) is 42.1. The highest BCUT2D eigenvalue weighted by molar-refractivity contribution is 6.33. The van der Waals surface area contributed by atoms with Crippen LogP contribution in [0.3, 0.4) is 0 Å². The minimum absolute atomic E-state index is 1.11. The predicted molar refractivity (Wildman–Crippen MR) is 273 cm³/mol. The molecule has 64 heavy (non-hydrogen) atoms. The second-order valence-corrected chi connectivity index (χ2v) is 16.9. The molecule has 0 radical (unpaired) electrons. The van der Waals surface area contributed by atoms with Crippen LogP contribution in [0.15, 0.2) is 243 Å². The molecule has 0 fully saturated rings. The molecule has 1 aromatic heterocycles. The molecule has 0 spiro atoms. The fraction of sp³-hybridized carbons (Fsp3) is 0. The van der Waals surface area contributed by atoms with Gasteiger partial charge in [0, 0.05) is 33.5 Å². The van der Waals surface area contributed by atoms with Crippen LogP contribution in [0.25, 0.3) is 104 Å². The van der Waals surface area contributed by atoms with Gasteiger partial charge >= 0.3 is 0 Å². The third-order valence-corrected chi connectivity index (χ3v) is 13.3. The minimum atomic E-state index is 1.11. The number of fused-ring (bicyclic) bond motifs is 5. The highest BCUT2D eigenvalue weighted by Crippen LogP contribution is 2.45. The van der Waals surface area contributed by atoms with Crippen LogP contribution in [0.5, 0.6) is 0 Å². The summed E-state index contributed by atoms with van der Waals surface area (Å²) >= 11 is 0. The maximum atomic E-state index is 2.45. The number of aromatic nitrogens is 1. The first-order chi connectivity index (χ1) is 31.7. The first-order valence-corrected chi connectivity index (χ1v) is 22.1. The Balaban J connectivity index is 0.933. The third kappa shape index (κ3) is 5.88. The van der Waals surface area contributed by atoms with Crippen LogP contribution in [0.2, 0.25) is 0 Å². The first-order valence-electron chi connectivity index (χ1n) is 22.1. The lowest BCUT2D eigenvalue weighted by atomic mass is 9.91. The molecule has 0 aliphatic rings. The fourth-order valence-electron chi connectivity index (χ4n) is 10.2.